The van der Waals surface area contributed by atoms with E-state index in [4.69, 9.17) is 4.84 Å². The summed E-state index contributed by atoms with van der Waals surface area (Å²) >= 11 is 0. The molecule has 1 rings (SSSR count). The number of hydrogen-bond acceptors (Lipinski definition) is 2. The minimum absolute atomic E-state index is 0.695. The predicted octanol–water partition coefficient (Wildman–Crippen LogP) is 2.74. The molecule has 0 heterocycles. The molecule has 0 bridgehead atoms. The maximum absolute atomic E-state index is 4.72. The average Bonchev–Trinajstić information content (AvgIpc) is 2.21. The second kappa shape index (κ2) is 4.93. The lowest BCUT2D eigenvalue weighted by molar-refractivity contribution is 0.270. The Morgan fingerprint density at radius 1 is 1.23 bits per heavy atom. The molecule has 0 unspecified atom stereocenters. The minimum Gasteiger partial charge on any atom is -0.365 e. The van der Waals surface area contributed by atoms with Gasteiger partial charge in [-0.15, -0.1) is 0 Å². The summed E-state index contributed by atoms with van der Waals surface area (Å²) in [7, 11) is 0. The molecule has 13 heavy (non-hydrogen) atoms. The van der Waals surface area contributed by atoms with Gasteiger partial charge in [-0.3, -0.25) is 0 Å². The fourth-order valence-electron chi connectivity index (χ4n) is 0.911. The third kappa shape index (κ3) is 2.60. The van der Waals surface area contributed by atoms with E-state index in [9.17, 15) is 0 Å². The Balaban J connectivity index is 2.90. The van der Waals surface area contributed by atoms with Gasteiger partial charge in [-0.05, 0) is 6.08 Å². The molecule has 0 saturated heterocycles. The van der Waals surface area contributed by atoms with E-state index in [1.54, 1.807) is 6.08 Å². The van der Waals surface area contributed by atoms with Crippen molar-refractivity contribution >= 4 is 5.71 Å². The van der Waals surface area contributed by atoms with Crippen molar-refractivity contribution in [1.29, 1.82) is 0 Å². The summed E-state index contributed by atoms with van der Waals surface area (Å²) in [6, 6.07) is 9.68. The molecule has 2 heteroatoms. The van der Waals surface area contributed by atoms with Crippen molar-refractivity contribution in [2.75, 3.05) is 0 Å². The van der Waals surface area contributed by atoms with Gasteiger partial charge in [0.25, 0.3) is 0 Å². The number of nitrogens with zero attached hydrogens (tertiary/aromatic N) is 1. The van der Waals surface area contributed by atoms with Gasteiger partial charge < -0.3 is 4.84 Å². The first-order valence-electron chi connectivity index (χ1n) is 3.91. The van der Waals surface area contributed by atoms with E-state index >= 15 is 0 Å². The van der Waals surface area contributed by atoms with E-state index in [-0.39, 0.29) is 0 Å². The number of rotatable bonds is 4. The van der Waals surface area contributed by atoms with Gasteiger partial charge in [-0.1, -0.05) is 48.6 Å². The largest absolute Gasteiger partial charge is 0.365 e. The summed E-state index contributed by atoms with van der Waals surface area (Å²) in [6.07, 6.45) is 2.91. The van der Waals surface area contributed by atoms with Crippen LogP contribution in [0.15, 0.2) is 61.0 Å². The Labute approximate surface area is 77.8 Å². The number of allylic oxidation sites excluding steroid dienone is 1. The van der Waals surface area contributed by atoms with E-state index in [1.807, 2.05) is 30.3 Å². The topological polar surface area (TPSA) is 21.6 Å². The molecule has 0 radical (unpaired) electrons. The summed E-state index contributed by atoms with van der Waals surface area (Å²) in [5, 5.41) is 3.81. The van der Waals surface area contributed by atoms with E-state index in [1.165, 1.54) is 6.26 Å². The van der Waals surface area contributed by atoms with Crippen molar-refractivity contribution in [3.8, 4) is 0 Å². The van der Waals surface area contributed by atoms with E-state index in [2.05, 4.69) is 18.3 Å². The normalized spacial score (nSPS) is 10.6. The molecule has 0 atom stereocenters. The Bertz CT molecular complexity index is 314. The molecule has 0 saturated carbocycles. The first-order chi connectivity index (χ1) is 6.38. The fourth-order valence-corrected chi connectivity index (χ4v) is 0.911. The first kappa shape index (κ1) is 9.26. The fraction of sp³-hybridized carbons (Fsp3) is 0. The summed E-state index contributed by atoms with van der Waals surface area (Å²) in [6.45, 7) is 7.04. The van der Waals surface area contributed by atoms with Gasteiger partial charge in [0.05, 0.1) is 0 Å². The molecular formula is C11H11NO. The molecular weight excluding hydrogens is 162 g/mol. The molecule has 1 aromatic rings. The Kier molecular flexibility index (Phi) is 3.51. The van der Waals surface area contributed by atoms with Crippen LogP contribution in [0.2, 0.25) is 0 Å². The van der Waals surface area contributed by atoms with Crippen LogP contribution in [0.3, 0.4) is 0 Å². The zero-order valence-corrected chi connectivity index (χ0v) is 7.31. The van der Waals surface area contributed by atoms with Crippen molar-refractivity contribution in [3.63, 3.8) is 0 Å². The van der Waals surface area contributed by atoms with Crippen molar-refractivity contribution < 1.29 is 4.84 Å². The molecule has 0 spiro atoms. The lowest BCUT2D eigenvalue weighted by Gasteiger charge is -1.98. The molecule has 1 aromatic carbocycles. The van der Waals surface area contributed by atoms with Crippen molar-refractivity contribution in [2.24, 2.45) is 5.16 Å². The van der Waals surface area contributed by atoms with E-state index in [0.29, 0.717) is 5.71 Å². The quantitative estimate of drug-likeness (QED) is 0.389. The van der Waals surface area contributed by atoms with Crippen LogP contribution in [-0.2, 0) is 4.84 Å². The van der Waals surface area contributed by atoms with Crippen LogP contribution in [0, 0.1) is 0 Å². The van der Waals surface area contributed by atoms with Gasteiger partial charge in [0.15, 0.2) is 0 Å². The van der Waals surface area contributed by atoms with Crippen molar-refractivity contribution in [3.05, 3.63) is 61.4 Å². The zero-order valence-electron chi connectivity index (χ0n) is 7.31. The number of hydrogen-bond donors (Lipinski definition) is 0. The van der Waals surface area contributed by atoms with Crippen LogP contribution in [0.1, 0.15) is 5.56 Å². The number of oxime groups is 1. The predicted molar refractivity (Wildman–Crippen MR) is 54.5 cm³/mol. The average molecular weight is 173 g/mol. The van der Waals surface area contributed by atoms with E-state index in [0.717, 1.165) is 5.56 Å². The van der Waals surface area contributed by atoms with Crippen LogP contribution >= 0.6 is 0 Å². The third-order valence-corrected chi connectivity index (χ3v) is 1.49. The Hall–Kier alpha value is -1.83. The van der Waals surface area contributed by atoms with Crippen LogP contribution in [0.25, 0.3) is 0 Å². The van der Waals surface area contributed by atoms with Crippen LogP contribution in [0.5, 0.6) is 0 Å². The van der Waals surface area contributed by atoms with Gasteiger partial charge in [-0.25, -0.2) is 0 Å². The summed E-state index contributed by atoms with van der Waals surface area (Å²) < 4.78 is 0. The minimum atomic E-state index is 0.695. The highest BCUT2D eigenvalue weighted by atomic mass is 16.6. The van der Waals surface area contributed by atoms with Crippen molar-refractivity contribution in [2.45, 2.75) is 0 Å². The molecule has 0 fully saturated rings. The summed E-state index contributed by atoms with van der Waals surface area (Å²) in [4.78, 5) is 4.72. The third-order valence-electron chi connectivity index (χ3n) is 1.49. The molecule has 2 nitrogen and oxygen atoms in total. The molecule has 0 aliphatic carbocycles. The van der Waals surface area contributed by atoms with Gasteiger partial charge in [0.1, 0.15) is 12.0 Å². The monoisotopic (exact) mass is 173 g/mol. The second-order valence-electron chi connectivity index (χ2n) is 2.32. The number of benzene rings is 1. The second-order valence-corrected chi connectivity index (χ2v) is 2.32. The molecule has 0 aromatic heterocycles. The highest BCUT2D eigenvalue weighted by molar-refractivity contribution is 6.07. The lowest BCUT2D eigenvalue weighted by Crippen LogP contribution is -1.95. The molecule has 0 amide bonds. The Morgan fingerprint density at radius 3 is 2.46 bits per heavy atom. The molecule has 0 N–H and O–H groups in total. The molecule has 0 aliphatic heterocycles. The van der Waals surface area contributed by atoms with Crippen LogP contribution in [-0.4, -0.2) is 5.71 Å². The first-order valence-corrected chi connectivity index (χ1v) is 3.91. The highest BCUT2D eigenvalue weighted by Gasteiger charge is 1.96. The van der Waals surface area contributed by atoms with Gasteiger partial charge >= 0.3 is 0 Å². The SMILES string of the molecule is C=CO/N=C(\C=C)c1ccccc1. The summed E-state index contributed by atoms with van der Waals surface area (Å²) in [5.74, 6) is 0. The van der Waals surface area contributed by atoms with Crippen LogP contribution in [0.4, 0.5) is 0 Å². The molecule has 0 aliphatic rings. The van der Waals surface area contributed by atoms with Crippen LogP contribution < -0.4 is 0 Å². The Morgan fingerprint density at radius 2 is 1.92 bits per heavy atom. The highest BCUT2D eigenvalue weighted by Crippen LogP contribution is 2.02. The lowest BCUT2D eigenvalue weighted by atomic mass is 10.1. The smallest absolute Gasteiger partial charge is 0.114 e. The van der Waals surface area contributed by atoms with Gasteiger partial charge in [0, 0.05) is 5.56 Å². The molecule has 66 valence electrons. The standard InChI is InChI=1S/C11H11NO/c1-3-11(12-13-4-2)10-8-6-5-7-9-10/h3-9H,1-2H2/b12-11+. The maximum atomic E-state index is 4.72. The summed E-state index contributed by atoms with van der Waals surface area (Å²) in [5.41, 5.74) is 1.67. The van der Waals surface area contributed by atoms with Crippen molar-refractivity contribution in [1.82, 2.24) is 0 Å². The maximum Gasteiger partial charge on any atom is 0.114 e. The zero-order chi connectivity index (χ0) is 9.52. The van der Waals surface area contributed by atoms with Gasteiger partial charge in [-0.2, -0.15) is 0 Å². The van der Waals surface area contributed by atoms with E-state index < -0.39 is 0 Å². The van der Waals surface area contributed by atoms with Gasteiger partial charge in [0.2, 0.25) is 0 Å².